The van der Waals surface area contributed by atoms with Gasteiger partial charge in [0, 0.05) is 6.54 Å². The second-order valence-electron chi connectivity index (χ2n) is 5.91. The van der Waals surface area contributed by atoms with Crippen LogP contribution < -0.4 is 10.4 Å². The molecule has 2 aromatic carbocycles. The maximum atomic E-state index is 9.10. The molecule has 0 aliphatic heterocycles. The van der Waals surface area contributed by atoms with Crippen LogP contribution in [0.15, 0.2) is 60.7 Å². The van der Waals surface area contributed by atoms with Crippen LogP contribution in [0.4, 0.5) is 11.4 Å². The van der Waals surface area contributed by atoms with Crippen molar-refractivity contribution in [2.75, 3.05) is 31.2 Å². The van der Waals surface area contributed by atoms with Crippen LogP contribution in [0.25, 0.3) is 0 Å². The molecule has 0 saturated carbocycles. The molecule has 0 amide bonds. The standard InChI is InChI=1S/C19H27N3.C2H2O4/c1-3-21(4-2)17-11-16-20-22(18-12-7-5-8-13-18)19-14-9-6-10-15-19;3-1(4)2(5)6/h5-10,12-15,20H,3-4,11,16-17H2,1-2H3;(H,3,4)(H,5,6). The molecule has 2 rings (SSSR count). The number of aliphatic carboxylic acids is 2. The first kappa shape index (κ1) is 23.1. The summed E-state index contributed by atoms with van der Waals surface area (Å²) >= 11 is 0. The van der Waals surface area contributed by atoms with Crippen LogP contribution in [0.1, 0.15) is 20.3 Å². The lowest BCUT2D eigenvalue weighted by molar-refractivity contribution is -0.159. The van der Waals surface area contributed by atoms with Crippen molar-refractivity contribution in [3.05, 3.63) is 60.7 Å². The molecule has 0 heterocycles. The van der Waals surface area contributed by atoms with Crippen molar-refractivity contribution >= 4 is 23.3 Å². The molecule has 0 aliphatic carbocycles. The molecule has 3 N–H and O–H groups in total. The summed E-state index contributed by atoms with van der Waals surface area (Å²) in [6.45, 7) is 8.78. The number of hydrazine groups is 1. The van der Waals surface area contributed by atoms with E-state index in [0.717, 1.165) is 44.0 Å². The lowest BCUT2D eigenvalue weighted by Gasteiger charge is -2.26. The molecular formula is C21H29N3O4. The van der Waals surface area contributed by atoms with Gasteiger partial charge >= 0.3 is 11.9 Å². The highest BCUT2D eigenvalue weighted by atomic mass is 16.4. The van der Waals surface area contributed by atoms with Crippen LogP contribution in [-0.2, 0) is 9.59 Å². The van der Waals surface area contributed by atoms with Gasteiger partial charge in [-0.05, 0) is 50.3 Å². The molecule has 7 nitrogen and oxygen atoms in total. The van der Waals surface area contributed by atoms with Gasteiger partial charge < -0.3 is 15.1 Å². The number of carbonyl (C=O) groups is 2. The van der Waals surface area contributed by atoms with Crippen molar-refractivity contribution in [1.82, 2.24) is 10.3 Å². The van der Waals surface area contributed by atoms with Crippen LogP contribution in [0.5, 0.6) is 0 Å². The minimum absolute atomic E-state index is 0.959. The zero-order valence-electron chi connectivity index (χ0n) is 16.4. The summed E-state index contributed by atoms with van der Waals surface area (Å²) in [5, 5.41) is 17.0. The third kappa shape index (κ3) is 8.66. The van der Waals surface area contributed by atoms with Crippen LogP contribution >= 0.6 is 0 Å². The Hall–Kier alpha value is -2.90. The monoisotopic (exact) mass is 387 g/mol. The quantitative estimate of drug-likeness (QED) is 0.346. The molecule has 0 aromatic heterocycles. The molecule has 7 heteroatoms. The van der Waals surface area contributed by atoms with Crippen molar-refractivity contribution in [1.29, 1.82) is 0 Å². The molecule has 0 unspecified atom stereocenters. The minimum atomic E-state index is -1.82. The Kier molecular flexibility index (Phi) is 11.0. The Balaban J connectivity index is 0.000000568. The fraction of sp³-hybridized carbons (Fsp3) is 0.333. The van der Waals surface area contributed by atoms with E-state index < -0.39 is 11.9 Å². The van der Waals surface area contributed by atoms with Crippen LogP contribution in [0, 0.1) is 0 Å². The number of carboxylic acid groups (broad SMARTS) is 2. The largest absolute Gasteiger partial charge is 0.473 e. The second-order valence-corrected chi connectivity index (χ2v) is 5.91. The third-order valence-electron chi connectivity index (χ3n) is 4.03. The smallest absolute Gasteiger partial charge is 0.414 e. The molecule has 28 heavy (non-hydrogen) atoms. The number of carboxylic acids is 2. The van der Waals surface area contributed by atoms with Gasteiger partial charge in [0.05, 0.1) is 11.4 Å². The molecule has 0 radical (unpaired) electrons. The second kappa shape index (κ2) is 13.3. The van der Waals surface area contributed by atoms with E-state index in [1.54, 1.807) is 0 Å². The fourth-order valence-electron chi connectivity index (χ4n) is 2.52. The van der Waals surface area contributed by atoms with E-state index in [1.807, 2.05) is 12.1 Å². The average molecular weight is 387 g/mol. The Morgan fingerprint density at radius 3 is 1.61 bits per heavy atom. The van der Waals surface area contributed by atoms with E-state index in [9.17, 15) is 0 Å². The van der Waals surface area contributed by atoms with E-state index in [4.69, 9.17) is 19.8 Å². The van der Waals surface area contributed by atoms with Crippen molar-refractivity contribution in [3.8, 4) is 0 Å². The molecule has 152 valence electrons. The number of benzene rings is 2. The number of nitrogens with zero attached hydrogens (tertiary/aromatic N) is 2. The topological polar surface area (TPSA) is 93.1 Å². The van der Waals surface area contributed by atoms with Gasteiger partial charge in [0.1, 0.15) is 0 Å². The predicted molar refractivity (Wildman–Crippen MR) is 111 cm³/mol. The maximum Gasteiger partial charge on any atom is 0.414 e. The summed E-state index contributed by atoms with van der Waals surface area (Å²) in [6.07, 6.45) is 1.14. The Bertz CT molecular complexity index is 640. The van der Waals surface area contributed by atoms with E-state index in [-0.39, 0.29) is 0 Å². The molecule has 0 spiro atoms. The number of anilines is 2. The van der Waals surface area contributed by atoms with Crippen LogP contribution in [0.2, 0.25) is 0 Å². The first-order valence-corrected chi connectivity index (χ1v) is 9.31. The number of para-hydroxylation sites is 2. The molecule has 0 fully saturated rings. The van der Waals surface area contributed by atoms with Gasteiger partial charge in [-0.25, -0.2) is 15.0 Å². The summed E-state index contributed by atoms with van der Waals surface area (Å²) in [5.74, 6) is -3.65. The van der Waals surface area contributed by atoms with Crippen molar-refractivity contribution in [3.63, 3.8) is 0 Å². The Morgan fingerprint density at radius 1 is 0.821 bits per heavy atom. The van der Waals surface area contributed by atoms with Gasteiger partial charge in [-0.1, -0.05) is 50.2 Å². The summed E-state index contributed by atoms with van der Waals surface area (Å²) in [7, 11) is 0. The first-order valence-electron chi connectivity index (χ1n) is 9.31. The summed E-state index contributed by atoms with van der Waals surface area (Å²) < 4.78 is 0. The minimum Gasteiger partial charge on any atom is -0.473 e. The molecule has 0 atom stereocenters. The lowest BCUT2D eigenvalue weighted by Crippen LogP contribution is -2.36. The van der Waals surface area contributed by atoms with E-state index >= 15 is 0 Å². The molecule has 2 aromatic rings. The zero-order valence-corrected chi connectivity index (χ0v) is 16.4. The number of hydrogen-bond donors (Lipinski definition) is 3. The van der Waals surface area contributed by atoms with Gasteiger partial charge in [0.2, 0.25) is 0 Å². The van der Waals surface area contributed by atoms with Crippen LogP contribution in [0.3, 0.4) is 0 Å². The van der Waals surface area contributed by atoms with Gasteiger partial charge in [0.25, 0.3) is 0 Å². The fourth-order valence-corrected chi connectivity index (χ4v) is 2.52. The number of nitrogens with one attached hydrogen (secondary N) is 1. The summed E-state index contributed by atoms with van der Waals surface area (Å²) in [4.78, 5) is 20.7. The Labute approximate surface area is 166 Å². The molecule has 0 bridgehead atoms. The van der Waals surface area contributed by atoms with Crippen molar-refractivity contribution < 1.29 is 19.8 Å². The highest BCUT2D eigenvalue weighted by molar-refractivity contribution is 6.27. The third-order valence-corrected chi connectivity index (χ3v) is 4.03. The van der Waals surface area contributed by atoms with E-state index in [2.05, 4.69) is 77.7 Å². The maximum absolute atomic E-state index is 9.10. The zero-order chi connectivity index (χ0) is 20.8. The lowest BCUT2D eigenvalue weighted by atomic mass is 10.2. The van der Waals surface area contributed by atoms with Crippen molar-refractivity contribution in [2.24, 2.45) is 0 Å². The van der Waals surface area contributed by atoms with Crippen LogP contribution in [-0.4, -0.2) is 53.2 Å². The van der Waals surface area contributed by atoms with Gasteiger partial charge in [0.15, 0.2) is 0 Å². The summed E-state index contributed by atoms with van der Waals surface area (Å²) in [6, 6.07) is 20.9. The SMILES string of the molecule is CCN(CC)CCCNN(c1ccccc1)c1ccccc1.O=C(O)C(=O)O. The van der Waals surface area contributed by atoms with Gasteiger partial charge in [-0.15, -0.1) is 0 Å². The van der Waals surface area contributed by atoms with E-state index in [0.29, 0.717) is 0 Å². The predicted octanol–water partition coefficient (Wildman–Crippen LogP) is 3.22. The van der Waals surface area contributed by atoms with Gasteiger partial charge in [-0.3, -0.25) is 5.01 Å². The molecule has 0 aliphatic rings. The average Bonchev–Trinajstić information content (AvgIpc) is 2.72. The first-order chi connectivity index (χ1) is 13.5. The van der Waals surface area contributed by atoms with Gasteiger partial charge in [-0.2, -0.15) is 0 Å². The highest BCUT2D eigenvalue weighted by Crippen LogP contribution is 2.22. The highest BCUT2D eigenvalue weighted by Gasteiger charge is 2.08. The molecular weight excluding hydrogens is 358 g/mol. The number of rotatable bonds is 9. The molecule has 0 saturated heterocycles. The van der Waals surface area contributed by atoms with Crippen molar-refractivity contribution in [2.45, 2.75) is 20.3 Å². The Morgan fingerprint density at radius 2 is 1.25 bits per heavy atom. The normalized spacial score (nSPS) is 10.1. The summed E-state index contributed by atoms with van der Waals surface area (Å²) in [5.41, 5.74) is 5.89. The number of hydrogen-bond acceptors (Lipinski definition) is 5. The van der Waals surface area contributed by atoms with E-state index in [1.165, 1.54) is 0 Å².